The Balaban J connectivity index is 1.18. The molecule has 4 aliphatic heterocycles. The van der Waals surface area contributed by atoms with Gasteiger partial charge in [0.2, 0.25) is 5.91 Å². The van der Waals surface area contributed by atoms with Gasteiger partial charge in [0.05, 0.1) is 31.0 Å². The monoisotopic (exact) mass is 554 g/mol. The summed E-state index contributed by atoms with van der Waals surface area (Å²) in [5.41, 5.74) is 2.93. The van der Waals surface area contributed by atoms with Gasteiger partial charge in [-0.3, -0.25) is 24.1 Å². The summed E-state index contributed by atoms with van der Waals surface area (Å²) in [6, 6.07) is 15.9. The van der Waals surface area contributed by atoms with Crippen LogP contribution in [-0.2, 0) is 11.3 Å². The Morgan fingerprint density at radius 2 is 1.73 bits per heavy atom. The number of nitrogens with zero attached hydrogens (tertiary/aromatic N) is 4. The highest BCUT2D eigenvalue weighted by molar-refractivity contribution is 6.18. The van der Waals surface area contributed by atoms with E-state index in [-0.39, 0.29) is 48.1 Å². The van der Waals surface area contributed by atoms with E-state index in [2.05, 4.69) is 0 Å². The summed E-state index contributed by atoms with van der Waals surface area (Å²) in [5, 5.41) is 0. The molecule has 2 bridgehead atoms. The number of rotatable bonds is 5. The normalized spacial score (nSPS) is 22.1. The van der Waals surface area contributed by atoms with Gasteiger partial charge >= 0.3 is 0 Å². The lowest BCUT2D eigenvalue weighted by molar-refractivity contribution is -0.134. The summed E-state index contributed by atoms with van der Waals surface area (Å²) < 4.78 is 12.9. The second-order valence-corrected chi connectivity index (χ2v) is 11.1. The highest BCUT2D eigenvalue weighted by Gasteiger charge is 2.49. The zero-order valence-corrected chi connectivity index (χ0v) is 22.9. The van der Waals surface area contributed by atoms with E-state index in [4.69, 9.17) is 9.47 Å². The predicted molar refractivity (Wildman–Crippen MR) is 149 cm³/mol. The van der Waals surface area contributed by atoms with Gasteiger partial charge in [0, 0.05) is 55.8 Å². The minimum Gasteiger partial charge on any atom is -0.493 e. The van der Waals surface area contributed by atoms with Crippen molar-refractivity contribution in [3.63, 3.8) is 0 Å². The Labute approximate surface area is 236 Å². The largest absolute Gasteiger partial charge is 0.493 e. The van der Waals surface area contributed by atoms with E-state index in [1.807, 2.05) is 15.5 Å². The maximum atomic E-state index is 13.9. The third-order valence-electron chi connectivity index (χ3n) is 8.88. The molecule has 0 unspecified atom stereocenters. The van der Waals surface area contributed by atoms with E-state index in [1.165, 1.54) is 14.2 Å². The molecule has 7 rings (SSSR count). The molecule has 0 N–H and O–H groups in total. The number of hydrogen-bond donors (Lipinski definition) is 0. The van der Waals surface area contributed by atoms with Crippen LogP contribution in [0.4, 0.5) is 5.69 Å². The van der Waals surface area contributed by atoms with Crippen molar-refractivity contribution < 1.29 is 23.9 Å². The van der Waals surface area contributed by atoms with Crippen LogP contribution in [-0.4, -0.2) is 65.9 Å². The summed E-state index contributed by atoms with van der Waals surface area (Å²) in [6.07, 6.45) is 0.373. The molecular weight excluding hydrogens is 524 g/mol. The molecule has 2 aromatic carbocycles. The second kappa shape index (κ2) is 9.50. The van der Waals surface area contributed by atoms with Crippen LogP contribution in [0, 0.1) is 5.92 Å². The minimum atomic E-state index is -0.702. The van der Waals surface area contributed by atoms with E-state index < -0.39 is 6.17 Å². The van der Waals surface area contributed by atoms with E-state index in [0.717, 1.165) is 12.1 Å². The van der Waals surface area contributed by atoms with Crippen molar-refractivity contribution in [2.45, 2.75) is 31.5 Å². The fourth-order valence-corrected chi connectivity index (χ4v) is 7.13. The van der Waals surface area contributed by atoms with Crippen LogP contribution in [0.25, 0.3) is 0 Å². The van der Waals surface area contributed by atoms with Gasteiger partial charge < -0.3 is 23.8 Å². The van der Waals surface area contributed by atoms with Crippen molar-refractivity contribution in [1.82, 2.24) is 14.4 Å². The third-order valence-corrected chi connectivity index (χ3v) is 8.88. The number of benzene rings is 2. The maximum absolute atomic E-state index is 13.9. The number of aromatic nitrogens is 1. The van der Waals surface area contributed by atoms with Crippen LogP contribution in [0.15, 0.2) is 59.4 Å². The average Bonchev–Trinajstić information content (AvgIpc) is 3.29. The molecular formula is C31H30N4O6. The van der Waals surface area contributed by atoms with Crippen molar-refractivity contribution in [2.24, 2.45) is 5.92 Å². The molecule has 10 heteroatoms. The Kier molecular flexibility index (Phi) is 5.88. The van der Waals surface area contributed by atoms with Crippen molar-refractivity contribution in [3.8, 4) is 11.5 Å². The fraction of sp³-hybridized carbons (Fsp3) is 0.355. The number of carbonyl (C=O) groups excluding carboxylic acids is 3. The zero-order valence-electron chi connectivity index (χ0n) is 22.9. The first-order valence-corrected chi connectivity index (χ1v) is 13.9. The summed E-state index contributed by atoms with van der Waals surface area (Å²) >= 11 is 0. The van der Waals surface area contributed by atoms with Crippen molar-refractivity contribution in [3.05, 3.63) is 87.3 Å². The molecule has 210 valence electrons. The number of anilines is 1. The van der Waals surface area contributed by atoms with Gasteiger partial charge in [0.15, 0.2) is 11.5 Å². The number of fused-ring (bicyclic) bond motifs is 9. The van der Waals surface area contributed by atoms with Crippen LogP contribution in [0.1, 0.15) is 56.9 Å². The van der Waals surface area contributed by atoms with Crippen LogP contribution in [0.2, 0.25) is 0 Å². The number of likely N-dealkylation sites (tertiary alicyclic amines) is 1. The Hall–Kier alpha value is -4.60. The molecule has 3 aromatic rings. The highest BCUT2D eigenvalue weighted by Crippen LogP contribution is 2.49. The maximum Gasteiger partial charge on any atom is 0.264 e. The molecule has 0 saturated carbocycles. The molecule has 1 aromatic heterocycles. The first-order chi connectivity index (χ1) is 19.9. The number of pyridine rings is 1. The van der Waals surface area contributed by atoms with Crippen LogP contribution >= 0.6 is 0 Å². The minimum absolute atomic E-state index is 0.00562. The molecule has 4 aliphatic rings. The SMILES string of the molecule is COc1ccc2c(c1OC)C(=O)N1c3ccccc3C(=O)N(CCC(=O)N3C[C@@H]4C[C@H](C3)c3cccc(=O)n3C4)[C@H]21. The number of carbonyl (C=O) groups is 3. The van der Waals surface area contributed by atoms with Gasteiger partial charge in [0.25, 0.3) is 17.4 Å². The molecule has 3 amide bonds. The number of hydrogen-bond acceptors (Lipinski definition) is 6. The summed E-state index contributed by atoms with van der Waals surface area (Å²) in [6.45, 7) is 1.89. The Morgan fingerprint density at radius 1 is 0.902 bits per heavy atom. The smallest absolute Gasteiger partial charge is 0.264 e. The topological polar surface area (TPSA) is 101 Å². The van der Waals surface area contributed by atoms with E-state index in [0.29, 0.717) is 53.5 Å². The fourth-order valence-electron chi connectivity index (χ4n) is 7.13. The van der Waals surface area contributed by atoms with Gasteiger partial charge in [-0.05, 0) is 36.6 Å². The molecule has 41 heavy (non-hydrogen) atoms. The number of amides is 3. The number of piperidine rings is 1. The predicted octanol–water partition coefficient (Wildman–Crippen LogP) is 3.02. The number of para-hydroxylation sites is 1. The van der Waals surface area contributed by atoms with Crippen LogP contribution in [0.3, 0.4) is 0 Å². The first kappa shape index (κ1) is 25.4. The van der Waals surface area contributed by atoms with Gasteiger partial charge in [-0.2, -0.15) is 0 Å². The average molecular weight is 555 g/mol. The summed E-state index contributed by atoms with van der Waals surface area (Å²) in [7, 11) is 3.00. The zero-order chi connectivity index (χ0) is 28.4. The number of ether oxygens (including phenoxy) is 2. The lowest BCUT2D eigenvalue weighted by Crippen LogP contribution is -2.51. The van der Waals surface area contributed by atoms with Gasteiger partial charge in [-0.1, -0.05) is 24.3 Å². The molecule has 0 radical (unpaired) electrons. The van der Waals surface area contributed by atoms with E-state index in [1.54, 1.807) is 58.3 Å². The lowest BCUT2D eigenvalue weighted by Gasteiger charge is -2.43. The molecule has 3 atom stereocenters. The third kappa shape index (κ3) is 3.77. The van der Waals surface area contributed by atoms with Crippen LogP contribution < -0.4 is 19.9 Å². The van der Waals surface area contributed by atoms with Crippen LogP contribution in [0.5, 0.6) is 11.5 Å². The molecule has 0 aliphatic carbocycles. The molecule has 10 nitrogen and oxygen atoms in total. The van der Waals surface area contributed by atoms with E-state index in [9.17, 15) is 19.2 Å². The van der Waals surface area contributed by atoms with Crippen molar-refractivity contribution in [2.75, 3.05) is 38.8 Å². The molecule has 0 spiro atoms. The molecule has 1 saturated heterocycles. The molecule has 5 heterocycles. The Bertz CT molecular complexity index is 1660. The van der Waals surface area contributed by atoms with Gasteiger partial charge in [0.1, 0.15) is 6.17 Å². The first-order valence-electron chi connectivity index (χ1n) is 13.9. The standard InChI is InChI=1S/C31H30N4O6/c1-40-24-11-10-21-27(28(24)41-2)31(39)35-23-7-4-3-6-20(23)30(38)33(29(21)35)13-12-25(36)32-15-18-14-19(17-32)22-8-5-9-26(37)34(22)16-18/h3-11,18-19,29H,12-17H2,1-2H3/t18-,19+,29-/m0/s1. The summed E-state index contributed by atoms with van der Waals surface area (Å²) in [5.74, 6) is 0.530. The second-order valence-electron chi connectivity index (χ2n) is 11.1. The van der Waals surface area contributed by atoms with Crippen molar-refractivity contribution >= 4 is 23.4 Å². The van der Waals surface area contributed by atoms with Gasteiger partial charge in [-0.25, -0.2) is 0 Å². The van der Waals surface area contributed by atoms with Gasteiger partial charge in [-0.15, -0.1) is 0 Å². The van der Waals surface area contributed by atoms with Crippen molar-refractivity contribution in [1.29, 1.82) is 0 Å². The van der Waals surface area contributed by atoms with E-state index >= 15 is 0 Å². The number of methoxy groups -OCH3 is 2. The highest BCUT2D eigenvalue weighted by atomic mass is 16.5. The molecule has 1 fully saturated rings. The lowest BCUT2D eigenvalue weighted by atomic mass is 9.83. The quantitative estimate of drug-likeness (QED) is 0.481. The summed E-state index contributed by atoms with van der Waals surface area (Å²) in [4.78, 5) is 58.8. The Morgan fingerprint density at radius 3 is 2.54 bits per heavy atom.